The minimum Gasteiger partial charge on any atom is -0.505 e. The van der Waals surface area contributed by atoms with Crippen molar-refractivity contribution in [1.82, 2.24) is 0 Å². The lowest BCUT2D eigenvalue weighted by molar-refractivity contribution is 0.483. The summed E-state index contributed by atoms with van der Waals surface area (Å²) in [5.41, 5.74) is 12.2. The summed E-state index contributed by atoms with van der Waals surface area (Å²) in [6.07, 6.45) is 0. The molecule has 4 heteroatoms. The van der Waals surface area contributed by atoms with Crippen molar-refractivity contribution in [2.24, 2.45) is 0 Å². The highest BCUT2D eigenvalue weighted by Gasteiger charge is 2.07. The fraction of sp³-hybridized carbons (Fsp3) is 0. The van der Waals surface area contributed by atoms with Crippen LogP contribution in [0, 0.1) is 0 Å². The normalized spacial score (nSPS) is 10.6. The fourth-order valence-corrected chi connectivity index (χ4v) is 1.65. The largest absolute Gasteiger partial charge is 0.505 e. The first-order valence-electron chi connectivity index (χ1n) is 4.09. The molecule has 0 saturated carbocycles. The Morgan fingerprint density at radius 1 is 1.14 bits per heavy atom. The molecule has 0 aliphatic carbocycles. The highest BCUT2D eigenvalue weighted by molar-refractivity contribution is 7.80. The molecule has 0 aliphatic rings. The van der Waals surface area contributed by atoms with Crippen LogP contribution in [-0.2, 0) is 0 Å². The second-order valence-corrected chi connectivity index (χ2v) is 3.62. The van der Waals surface area contributed by atoms with Crippen molar-refractivity contribution in [3.63, 3.8) is 0 Å². The van der Waals surface area contributed by atoms with Gasteiger partial charge in [0.05, 0.1) is 5.69 Å². The van der Waals surface area contributed by atoms with Crippen LogP contribution in [0.15, 0.2) is 29.2 Å². The first kappa shape index (κ1) is 9.02. The van der Waals surface area contributed by atoms with Gasteiger partial charge in [0.15, 0.2) is 0 Å². The summed E-state index contributed by atoms with van der Waals surface area (Å²) in [7, 11) is 0. The van der Waals surface area contributed by atoms with Gasteiger partial charge in [0.2, 0.25) is 0 Å². The Hall–Kier alpha value is -1.55. The molecular weight excluding hydrogens is 196 g/mol. The van der Waals surface area contributed by atoms with Crippen molar-refractivity contribution in [3.8, 4) is 5.75 Å². The van der Waals surface area contributed by atoms with Gasteiger partial charge in [-0.1, -0.05) is 0 Å². The van der Waals surface area contributed by atoms with E-state index >= 15 is 0 Å². The maximum atomic E-state index is 9.72. The number of fused-ring (bicyclic) bond motifs is 1. The molecule has 72 valence electrons. The molecule has 0 fully saturated rings. The van der Waals surface area contributed by atoms with E-state index in [9.17, 15) is 5.11 Å². The quantitative estimate of drug-likeness (QED) is 0.302. The molecule has 14 heavy (non-hydrogen) atoms. The third-order valence-corrected chi connectivity index (χ3v) is 2.52. The molecule has 0 bridgehead atoms. The van der Waals surface area contributed by atoms with Gasteiger partial charge in [-0.2, -0.15) is 0 Å². The Morgan fingerprint density at radius 2 is 1.86 bits per heavy atom. The predicted octanol–water partition coefficient (Wildman–Crippen LogP) is 2.00. The van der Waals surface area contributed by atoms with Crippen LogP contribution in [0.3, 0.4) is 0 Å². The average molecular weight is 206 g/mol. The fourth-order valence-electron chi connectivity index (χ4n) is 1.41. The number of aromatic hydroxyl groups is 1. The van der Waals surface area contributed by atoms with Crippen molar-refractivity contribution < 1.29 is 5.11 Å². The zero-order valence-corrected chi connectivity index (χ0v) is 8.25. The molecule has 0 spiro atoms. The highest BCUT2D eigenvalue weighted by Crippen LogP contribution is 2.36. The van der Waals surface area contributed by atoms with Crippen LogP contribution in [0.4, 0.5) is 11.4 Å². The zero-order valence-electron chi connectivity index (χ0n) is 7.36. The molecular formula is C10H10N2OS. The van der Waals surface area contributed by atoms with Crippen LogP contribution < -0.4 is 11.5 Å². The van der Waals surface area contributed by atoms with Gasteiger partial charge < -0.3 is 16.6 Å². The first-order valence-corrected chi connectivity index (χ1v) is 4.54. The minimum absolute atomic E-state index is 0.0625. The predicted molar refractivity (Wildman–Crippen MR) is 61.7 cm³/mol. The third-order valence-electron chi connectivity index (χ3n) is 2.15. The molecule has 0 saturated heterocycles. The standard InChI is InChI=1S/C10H10N2OS/c11-6-1-2-7-5(3-6)4-8(14)9(12)10(7)13/h1-4,13-14H,11-12H2. The zero-order chi connectivity index (χ0) is 10.3. The molecule has 0 amide bonds. The Bertz CT molecular complexity index is 511. The Labute approximate surface area is 86.7 Å². The number of hydrogen-bond donors (Lipinski definition) is 4. The van der Waals surface area contributed by atoms with E-state index in [0.717, 1.165) is 5.39 Å². The van der Waals surface area contributed by atoms with Gasteiger partial charge in [-0.25, -0.2) is 0 Å². The smallest absolute Gasteiger partial charge is 0.147 e. The lowest BCUT2D eigenvalue weighted by Crippen LogP contribution is -1.90. The second-order valence-electron chi connectivity index (χ2n) is 3.14. The Kier molecular flexibility index (Phi) is 1.93. The van der Waals surface area contributed by atoms with Gasteiger partial charge in [-0.05, 0) is 29.7 Å². The first-order chi connectivity index (χ1) is 6.59. The summed E-state index contributed by atoms with van der Waals surface area (Å²) in [5.74, 6) is 0.0625. The van der Waals surface area contributed by atoms with Crippen LogP contribution >= 0.6 is 12.6 Å². The lowest BCUT2D eigenvalue weighted by atomic mass is 10.1. The highest BCUT2D eigenvalue weighted by atomic mass is 32.1. The van der Waals surface area contributed by atoms with E-state index in [4.69, 9.17) is 11.5 Å². The van der Waals surface area contributed by atoms with Crippen LogP contribution in [0.5, 0.6) is 5.75 Å². The van der Waals surface area contributed by atoms with Gasteiger partial charge in [-0.3, -0.25) is 0 Å². The van der Waals surface area contributed by atoms with Crippen LogP contribution in [0.2, 0.25) is 0 Å². The van der Waals surface area contributed by atoms with E-state index in [1.807, 2.05) is 0 Å². The monoisotopic (exact) mass is 206 g/mol. The maximum absolute atomic E-state index is 9.72. The molecule has 2 aromatic carbocycles. The molecule has 0 unspecified atom stereocenters. The van der Waals surface area contributed by atoms with Gasteiger partial charge >= 0.3 is 0 Å². The SMILES string of the molecule is Nc1ccc2c(O)c(N)c(S)cc2c1. The number of anilines is 2. The van der Waals surface area contributed by atoms with Crippen LogP contribution in [-0.4, -0.2) is 5.11 Å². The molecule has 0 atom stereocenters. The molecule has 3 nitrogen and oxygen atoms in total. The summed E-state index contributed by atoms with van der Waals surface area (Å²) in [5, 5.41) is 11.2. The average Bonchev–Trinajstić information content (AvgIpc) is 2.14. The number of thiol groups is 1. The molecule has 2 aromatic rings. The Balaban J connectivity index is 2.91. The van der Waals surface area contributed by atoms with Crippen molar-refractivity contribution in [2.75, 3.05) is 11.5 Å². The number of nitrogen functional groups attached to an aromatic ring is 2. The molecule has 0 aromatic heterocycles. The topological polar surface area (TPSA) is 72.3 Å². The van der Waals surface area contributed by atoms with E-state index in [-0.39, 0.29) is 5.75 Å². The number of rotatable bonds is 0. The number of nitrogens with two attached hydrogens (primary N) is 2. The van der Waals surface area contributed by atoms with Crippen molar-refractivity contribution >= 4 is 34.8 Å². The Morgan fingerprint density at radius 3 is 2.57 bits per heavy atom. The van der Waals surface area contributed by atoms with Gasteiger partial charge in [0, 0.05) is 16.0 Å². The van der Waals surface area contributed by atoms with Gasteiger partial charge in [-0.15, -0.1) is 12.6 Å². The molecule has 0 radical (unpaired) electrons. The van der Waals surface area contributed by atoms with Crippen molar-refractivity contribution in [2.45, 2.75) is 4.90 Å². The summed E-state index contributed by atoms with van der Waals surface area (Å²) >= 11 is 4.15. The van der Waals surface area contributed by atoms with E-state index in [2.05, 4.69) is 12.6 Å². The summed E-state index contributed by atoms with van der Waals surface area (Å²) < 4.78 is 0. The van der Waals surface area contributed by atoms with E-state index in [1.165, 1.54) is 0 Å². The summed E-state index contributed by atoms with van der Waals surface area (Å²) in [6.45, 7) is 0. The van der Waals surface area contributed by atoms with Crippen molar-refractivity contribution in [3.05, 3.63) is 24.3 Å². The lowest BCUT2D eigenvalue weighted by Gasteiger charge is -2.07. The van der Waals surface area contributed by atoms with Crippen molar-refractivity contribution in [1.29, 1.82) is 0 Å². The summed E-state index contributed by atoms with van der Waals surface area (Å²) in [6, 6.07) is 7.02. The number of phenols is 1. The maximum Gasteiger partial charge on any atom is 0.147 e. The van der Waals surface area contributed by atoms with E-state index < -0.39 is 0 Å². The van der Waals surface area contributed by atoms with E-state index in [0.29, 0.717) is 21.7 Å². The second kappa shape index (κ2) is 2.99. The molecule has 0 aliphatic heterocycles. The van der Waals surface area contributed by atoms with Crippen LogP contribution in [0.1, 0.15) is 0 Å². The molecule has 5 N–H and O–H groups in total. The number of phenolic OH excluding ortho intramolecular Hbond substituents is 1. The summed E-state index contributed by atoms with van der Waals surface area (Å²) in [4.78, 5) is 0.556. The molecule has 0 heterocycles. The van der Waals surface area contributed by atoms with E-state index in [1.54, 1.807) is 24.3 Å². The minimum atomic E-state index is 0.0625. The molecule has 2 rings (SSSR count). The van der Waals surface area contributed by atoms with Gasteiger partial charge in [0.1, 0.15) is 5.75 Å². The third kappa shape index (κ3) is 1.24. The number of benzene rings is 2. The van der Waals surface area contributed by atoms with Crippen LogP contribution in [0.25, 0.3) is 10.8 Å². The number of hydrogen-bond acceptors (Lipinski definition) is 4. The van der Waals surface area contributed by atoms with Gasteiger partial charge in [0.25, 0.3) is 0 Å².